The Morgan fingerprint density at radius 2 is 1.78 bits per heavy atom. The SMILES string of the molecule is Cc1ccc(O)c(S(=O)(=O)N2CCN(C(=O)NCc3ccnc(N4CCCC4)c3)CC2)c1. The van der Waals surface area contributed by atoms with Crippen molar-refractivity contribution in [3.8, 4) is 5.75 Å². The molecule has 2 aromatic rings. The zero-order chi connectivity index (χ0) is 22.7. The second kappa shape index (κ2) is 9.33. The molecule has 2 aliphatic rings. The van der Waals surface area contributed by atoms with Crippen LogP contribution in [0.25, 0.3) is 0 Å². The molecule has 0 bridgehead atoms. The quantitative estimate of drug-likeness (QED) is 0.708. The molecule has 0 atom stereocenters. The van der Waals surface area contributed by atoms with Gasteiger partial charge in [0.05, 0.1) is 0 Å². The molecule has 10 heteroatoms. The lowest BCUT2D eigenvalue weighted by Gasteiger charge is -2.34. The van der Waals surface area contributed by atoms with Crippen molar-refractivity contribution >= 4 is 21.9 Å². The molecule has 172 valence electrons. The highest BCUT2D eigenvalue weighted by Crippen LogP contribution is 2.27. The Kier molecular flexibility index (Phi) is 6.52. The molecule has 0 unspecified atom stereocenters. The van der Waals surface area contributed by atoms with Crippen molar-refractivity contribution in [1.82, 2.24) is 19.5 Å². The first-order valence-electron chi connectivity index (χ1n) is 10.9. The summed E-state index contributed by atoms with van der Waals surface area (Å²) in [5.41, 5.74) is 1.73. The van der Waals surface area contributed by atoms with Crippen LogP contribution in [0.2, 0.25) is 0 Å². The van der Waals surface area contributed by atoms with Crippen molar-refractivity contribution < 1.29 is 18.3 Å². The number of rotatable bonds is 5. The Morgan fingerprint density at radius 3 is 2.50 bits per heavy atom. The first-order chi connectivity index (χ1) is 15.3. The average molecular weight is 460 g/mol. The van der Waals surface area contributed by atoms with Gasteiger partial charge in [-0.1, -0.05) is 6.07 Å². The molecule has 32 heavy (non-hydrogen) atoms. The van der Waals surface area contributed by atoms with E-state index in [0.29, 0.717) is 6.54 Å². The lowest BCUT2D eigenvalue weighted by atomic mass is 10.2. The van der Waals surface area contributed by atoms with E-state index in [1.165, 1.54) is 29.3 Å². The minimum atomic E-state index is -3.82. The monoisotopic (exact) mass is 459 g/mol. The number of pyridine rings is 1. The zero-order valence-electron chi connectivity index (χ0n) is 18.2. The Balaban J connectivity index is 1.32. The van der Waals surface area contributed by atoms with Crippen molar-refractivity contribution in [2.24, 2.45) is 0 Å². The van der Waals surface area contributed by atoms with Gasteiger partial charge in [0.2, 0.25) is 10.0 Å². The Morgan fingerprint density at radius 1 is 1.06 bits per heavy atom. The van der Waals surface area contributed by atoms with E-state index in [9.17, 15) is 18.3 Å². The molecule has 3 heterocycles. The molecule has 9 nitrogen and oxygen atoms in total. The number of aromatic nitrogens is 1. The van der Waals surface area contributed by atoms with Crippen LogP contribution in [-0.2, 0) is 16.6 Å². The van der Waals surface area contributed by atoms with Crippen LogP contribution in [0.3, 0.4) is 0 Å². The third-order valence-electron chi connectivity index (χ3n) is 5.94. The smallest absolute Gasteiger partial charge is 0.317 e. The Bertz CT molecular complexity index is 1080. The fourth-order valence-electron chi connectivity index (χ4n) is 4.08. The Hall–Kier alpha value is -2.85. The Labute approximate surface area is 188 Å². The number of aryl methyl sites for hydroxylation is 1. The predicted octanol–water partition coefficient (Wildman–Crippen LogP) is 1.91. The van der Waals surface area contributed by atoms with Crippen LogP contribution in [0.4, 0.5) is 10.6 Å². The molecule has 0 spiro atoms. The van der Waals surface area contributed by atoms with E-state index in [1.54, 1.807) is 24.1 Å². The summed E-state index contributed by atoms with van der Waals surface area (Å²) in [6.07, 6.45) is 4.11. The number of urea groups is 1. The number of phenolic OH excluding ortho intramolecular Hbond substituents is 1. The summed E-state index contributed by atoms with van der Waals surface area (Å²) < 4.78 is 27.2. The zero-order valence-corrected chi connectivity index (χ0v) is 19.0. The summed E-state index contributed by atoms with van der Waals surface area (Å²) in [5.74, 6) is 0.675. The summed E-state index contributed by atoms with van der Waals surface area (Å²) in [4.78, 5) is 20.8. The number of nitrogens with one attached hydrogen (secondary N) is 1. The second-order valence-electron chi connectivity index (χ2n) is 8.24. The standard InChI is InChI=1S/C22H29N5O4S/c1-17-4-5-19(28)20(14-17)32(30,31)27-12-10-26(11-13-27)22(29)24-16-18-6-7-23-21(15-18)25-8-2-3-9-25/h4-7,14-15,28H,2-3,8-13,16H2,1H3,(H,24,29). The normalized spacial score (nSPS) is 17.5. The van der Waals surface area contributed by atoms with Crippen molar-refractivity contribution in [3.63, 3.8) is 0 Å². The molecule has 4 rings (SSSR count). The molecule has 1 aromatic carbocycles. The van der Waals surface area contributed by atoms with Crippen LogP contribution in [-0.4, -0.2) is 73.0 Å². The molecular formula is C22H29N5O4S. The number of nitrogens with zero attached hydrogens (tertiary/aromatic N) is 4. The topological polar surface area (TPSA) is 106 Å². The van der Waals surface area contributed by atoms with Crippen molar-refractivity contribution in [2.75, 3.05) is 44.2 Å². The fraction of sp³-hybridized carbons (Fsp3) is 0.455. The van der Waals surface area contributed by atoms with Crippen LogP contribution in [0.5, 0.6) is 5.75 Å². The van der Waals surface area contributed by atoms with E-state index in [4.69, 9.17) is 0 Å². The van der Waals surface area contributed by atoms with Gasteiger partial charge in [-0.2, -0.15) is 4.31 Å². The van der Waals surface area contributed by atoms with Crippen LogP contribution >= 0.6 is 0 Å². The summed E-state index contributed by atoms with van der Waals surface area (Å²) in [7, 11) is -3.82. The molecule has 2 N–H and O–H groups in total. The minimum absolute atomic E-state index is 0.0955. The number of sulfonamides is 1. The number of carbonyl (C=O) groups is 1. The summed E-state index contributed by atoms with van der Waals surface area (Å²) in [5, 5.41) is 12.9. The van der Waals surface area contributed by atoms with E-state index in [1.807, 2.05) is 12.1 Å². The number of piperazine rings is 1. The molecule has 2 saturated heterocycles. The van der Waals surface area contributed by atoms with Gasteiger partial charge in [-0.05, 0) is 55.2 Å². The molecule has 0 saturated carbocycles. The van der Waals surface area contributed by atoms with Crippen molar-refractivity contribution in [1.29, 1.82) is 0 Å². The van der Waals surface area contributed by atoms with Crippen LogP contribution in [0.15, 0.2) is 41.4 Å². The lowest BCUT2D eigenvalue weighted by Crippen LogP contribution is -2.52. The van der Waals surface area contributed by atoms with Gasteiger partial charge in [0.1, 0.15) is 16.5 Å². The largest absolute Gasteiger partial charge is 0.507 e. The predicted molar refractivity (Wildman–Crippen MR) is 121 cm³/mol. The van der Waals surface area contributed by atoms with Crippen molar-refractivity contribution in [2.45, 2.75) is 31.2 Å². The number of phenols is 1. The number of hydrogen-bond acceptors (Lipinski definition) is 6. The molecule has 0 aliphatic carbocycles. The van der Waals surface area contributed by atoms with E-state index in [2.05, 4.69) is 15.2 Å². The molecule has 2 aliphatic heterocycles. The fourth-order valence-corrected chi connectivity index (χ4v) is 5.67. The summed E-state index contributed by atoms with van der Waals surface area (Å²) >= 11 is 0. The van der Waals surface area contributed by atoms with E-state index < -0.39 is 10.0 Å². The maximum atomic E-state index is 12.9. The van der Waals surface area contributed by atoms with E-state index >= 15 is 0 Å². The summed E-state index contributed by atoms with van der Waals surface area (Å²) in [6, 6.07) is 8.19. The first kappa shape index (κ1) is 22.3. The van der Waals surface area contributed by atoms with Gasteiger partial charge in [0.25, 0.3) is 0 Å². The number of anilines is 1. The number of carbonyl (C=O) groups excluding carboxylic acids is 1. The van der Waals surface area contributed by atoms with Gasteiger partial charge in [-0.25, -0.2) is 18.2 Å². The highest BCUT2D eigenvalue weighted by Gasteiger charge is 2.31. The van der Waals surface area contributed by atoms with Crippen LogP contribution in [0.1, 0.15) is 24.0 Å². The van der Waals surface area contributed by atoms with Gasteiger partial charge in [0.15, 0.2) is 0 Å². The number of hydrogen-bond donors (Lipinski definition) is 2. The van der Waals surface area contributed by atoms with Gasteiger partial charge >= 0.3 is 6.03 Å². The average Bonchev–Trinajstić information content (AvgIpc) is 3.34. The molecular weight excluding hydrogens is 430 g/mol. The van der Waals surface area contributed by atoms with Gasteiger partial charge in [0, 0.05) is 52.0 Å². The maximum absolute atomic E-state index is 12.9. The number of aromatic hydroxyl groups is 1. The molecule has 1 aromatic heterocycles. The van der Waals surface area contributed by atoms with Gasteiger partial charge < -0.3 is 20.2 Å². The maximum Gasteiger partial charge on any atom is 0.317 e. The molecule has 0 radical (unpaired) electrons. The highest BCUT2D eigenvalue weighted by molar-refractivity contribution is 7.89. The lowest BCUT2D eigenvalue weighted by molar-refractivity contribution is 0.172. The van der Waals surface area contributed by atoms with Gasteiger partial charge in [-0.15, -0.1) is 0 Å². The number of amides is 2. The summed E-state index contributed by atoms with van der Waals surface area (Å²) in [6.45, 7) is 5.11. The third-order valence-corrected chi connectivity index (χ3v) is 7.87. The van der Waals surface area contributed by atoms with Gasteiger partial charge in [-0.3, -0.25) is 0 Å². The van der Waals surface area contributed by atoms with Crippen molar-refractivity contribution in [3.05, 3.63) is 47.7 Å². The van der Waals surface area contributed by atoms with Crippen LogP contribution < -0.4 is 10.2 Å². The molecule has 2 fully saturated rings. The molecule has 2 amide bonds. The third kappa shape index (κ3) is 4.81. The second-order valence-corrected chi connectivity index (χ2v) is 10.1. The first-order valence-corrected chi connectivity index (χ1v) is 12.3. The minimum Gasteiger partial charge on any atom is -0.507 e. The van der Waals surface area contributed by atoms with E-state index in [-0.39, 0.29) is 42.9 Å². The number of benzene rings is 1. The highest BCUT2D eigenvalue weighted by atomic mass is 32.2. The van der Waals surface area contributed by atoms with Crippen LogP contribution in [0, 0.1) is 6.92 Å². The van der Waals surface area contributed by atoms with E-state index in [0.717, 1.165) is 30.0 Å².